The lowest BCUT2D eigenvalue weighted by molar-refractivity contribution is 0.483. The van der Waals surface area contributed by atoms with Crippen molar-refractivity contribution < 1.29 is 13.0 Å². The molecule has 1 aromatic carbocycles. The van der Waals surface area contributed by atoms with Crippen LogP contribution in [0.25, 0.3) is 0 Å². The minimum atomic E-state index is -4.20. The smallest absolute Gasteiger partial charge is 0.282 e. The molecule has 0 aliphatic carbocycles. The van der Waals surface area contributed by atoms with E-state index in [1.165, 1.54) is 12.1 Å². The molecule has 0 spiro atoms. The Balaban J connectivity index is 3.36. The normalized spacial score (nSPS) is 11.6. The van der Waals surface area contributed by atoms with Crippen molar-refractivity contribution in [3.8, 4) is 0 Å². The van der Waals surface area contributed by atoms with Gasteiger partial charge in [-0.05, 0) is 24.1 Å². The third-order valence-electron chi connectivity index (χ3n) is 1.68. The molecule has 0 atom stereocenters. The van der Waals surface area contributed by atoms with E-state index in [1.54, 1.807) is 6.07 Å². The van der Waals surface area contributed by atoms with Gasteiger partial charge in [0.05, 0.1) is 5.02 Å². The highest BCUT2D eigenvalue weighted by atomic mass is 35.5. The maximum Gasteiger partial charge on any atom is 0.296 e. The molecule has 1 N–H and O–H groups in total. The largest absolute Gasteiger partial charge is 0.296 e. The summed E-state index contributed by atoms with van der Waals surface area (Å²) < 4.78 is 30.4. The van der Waals surface area contributed by atoms with Crippen LogP contribution in [-0.2, 0) is 16.5 Å². The first-order chi connectivity index (χ1) is 5.95. The Morgan fingerprint density at radius 1 is 1.46 bits per heavy atom. The van der Waals surface area contributed by atoms with Crippen LogP contribution in [0.15, 0.2) is 23.1 Å². The highest BCUT2D eigenvalue weighted by molar-refractivity contribution is 7.86. The molecule has 1 aromatic rings. The number of hydrogen-bond acceptors (Lipinski definition) is 2. The van der Waals surface area contributed by atoms with Crippen LogP contribution in [0.4, 0.5) is 0 Å². The number of hydrogen-bond donors (Lipinski definition) is 1. The molecule has 0 saturated carbocycles. The first-order valence-electron chi connectivity index (χ1n) is 3.71. The third kappa shape index (κ3) is 2.43. The van der Waals surface area contributed by atoms with Gasteiger partial charge >= 0.3 is 0 Å². The molecule has 72 valence electrons. The van der Waals surface area contributed by atoms with Gasteiger partial charge in [0.1, 0.15) is 4.90 Å². The Bertz CT molecular complexity index is 411. The van der Waals surface area contributed by atoms with Gasteiger partial charge in [0.15, 0.2) is 0 Å². The second-order valence-corrected chi connectivity index (χ2v) is 4.39. The number of aryl methyl sites for hydroxylation is 1. The molecular formula is C8H9ClO3S. The van der Waals surface area contributed by atoms with Gasteiger partial charge in [-0.2, -0.15) is 8.42 Å². The first-order valence-corrected chi connectivity index (χ1v) is 5.53. The Kier molecular flexibility index (Phi) is 2.95. The average Bonchev–Trinajstić information content (AvgIpc) is 2.03. The zero-order chi connectivity index (χ0) is 10.1. The predicted molar refractivity (Wildman–Crippen MR) is 50.6 cm³/mol. The minimum Gasteiger partial charge on any atom is -0.282 e. The van der Waals surface area contributed by atoms with E-state index >= 15 is 0 Å². The summed E-state index contributed by atoms with van der Waals surface area (Å²) >= 11 is 5.60. The highest BCUT2D eigenvalue weighted by Gasteiger charge is 2.14. The number of halogens is 1. The molecular weight excluding hydrogens is 212 g/mol. The van der Waals surface area contributed by atoms with Crippen LogP contribution in [-0.4, -0.2) is 13.0 Å². The molecule has 0 fully saturated rings. The van der Waals surface area contributed by atoms with Crippen molar-refractivity contribution in [2.24, 2.45) is 0 Å². The molecule has 0 amide bonds. The number of benzene rings is 1. The summed E-state index contributed by atoms with van der Waals surface area (Å²) in [7, 11) is -4.20. The second-order valence-electron chi connectivity index (χ2n) is 2.59. The van der Waals surface area contributed by atoms with Crippen LogP contribution in [0.2, 0.25) is 5.02 Å². The van der Waals surface area contributed by atoms with E-state index in [-0.39, 0.29) is 9.92 Å². The third-order valence-corrected chi connectivity index (χ3v) is 3.02. The molecule has 0 bridgehead atoms. The van der Waals surface area contributed by atoms with Gasteiger partial charge in [-0.3, -0.25) is 4.55 Å². The summed E-state index contributed by atoms with van der Waals surface area (Å²) in [6, 6.07) is 4.55. The average molecular weight is 221 g/mol. The summed E-state index contributed by atoms with van der Waals surface area (Å²) in [5, 5.41) is 0.0414. The van der Waals surface area contributed by atoms with Gasteiger partial charge in [-0.1, -0.05) is 24.6 Å². The van der Waals surface area contributed by atoms with Crippen LogP contribution >= 0.6 is 11.6 Å². The standard InChI is InChI=1S/C8H9ClO3S/c1-2-6-3-4-7(9)8(5-6)13(10,11)12/h3-5H,2H2,1H3,(H,10,11,12). The maximum absolute atomic E-state index is 10.8. The summed E-state index contributed by atoms with van der Waals surface area (Å²) in [5.41, 5.74) is 0.817. The summed E-state index contributed by atoms with van der Waals surface area (Å²) in [4.78, 5) is -0.228. The zero-order valence-electron chi connectivity index (χ0n) is 6.99. The molecule has 13 heavy (non-hydrogen) atoms. The highest BCUT2D eigenvalue weighted by Crippen LogP contribution is 2.22. The van der Waals surface area contributed by atoms with E-state index in [2.05, 4.69) is 0 Å². The SMILES string of the molecule is CCc1ccc(Cl)c(S(=O)(=O)O)c1. The van der Waals surface area contributed by atoms with Gasteiger partial charge in [0.25, 0.3) is 10.1 Å². The number of rotatable bonds is 2. The lowest BCUT2D eigenvalue weighted by Gasteiger charge is -2.02. The van der Waals surface area contributed by atoms with Crippen LogP contribution in [0, 0.1) is 0 Å². The minimum absolute atomic E-state index is 0.0414. The van der Waals surface area contributed by atoms with E-state index in [1.807, 2.05) is 6.92 Å². The molecule has 0 aliphatic heterocycles. The molecule has 0 radical (unpaired) electrons. The Hall–Kier alpha value is -0.580. The molecule has 0 heterocycles. The molecule has 0 unspecified atom stereocenters. The molecule has 5 heteroatoms. The van der Waals surface area contributed by atoms with E-state index in [0.29, 0.717) is 6.42 Å². The topological polar surface area (TPSA) is 54.4 Å². The molecule has 1 rings (SSSR count). The lowest BCUT2D eigenvalue weighted by atomic mass is 10.2. The van der Waals surface area contributed by atoms with E-state index in [4.69, 9.17) is 16.2 Å². The quantitative estimate of drug-likeness (QED) is 0.777. The van der Waals surface area contributed by atoms with Gasteiger partial charge in [-0.25, -0.2) is 0 Å². The van der Waals surface area contributed by atoms with Crippen LogP contribution < -0.4 is 0 Å². The van der Waals surface area contributed by atoms with Gasteiger partial charge in [-0.15, -0.1) is 0 Å². The van der Waals surface area contributed by atoms with Gasteiger partial charge < -0.3 is 0 Å². The monoisotopic (exact) mass is 220 g/mol. The Morgan fingerprint density at radius 3 is 2.54 bits per heavy atom. The first kappa shape index (κ1) is 10.5. The Morgan fingerprint density at radius 2 is 2.08 bits per heavy atom. The molecule has 0 saturated heterocycles. The van der Waals surface area contributed by atoms with Crippen molar-refractivity contribution in [2.45, 2.75) is 18.2 Å². The summed E-state index contributed by atoms with van der Waals surface area (Å²) in [6.45, 7) is 1.89. The second kappa shape index (κ2) is 3.65. The fourth-order valence-corrected chi connectivity index (χ4v) is 1.99. The predicted octanol–water partition coefficient (Wildman–Crippen LogP) is 2.15. The van der Waals surface area contributed by atoms with Crippen molar-refractivity contribution in [1.82, 2.24) is 0 Å². The fraction of sp³-hybridized carbons (Fsp3) is 0.250. The van der Waals surface area contributed by atoms with E-state index in [9.17, 15) is 8.42 Å². The van der Waals surface area contributed by atoms with Crippen molar-refractivity contribution in [2.75, 3.05) is 0 Å². The molecule has 3 nitrogen and oxygen atoms in total. The van der Waals surface area contributed by atoms with Crippen LogP contribution in [0.1, 0.15) is 12.5 Å². The van der Waals surface area contributed by atoms with Gasteiger partial charge in [0, 0.05) is 0 Å². The van der Waals surface area contributed by atoms with Crippen molar-refractivity contribution in [3.63, 3.8) is 0 Å². The van der Waals surface area contributed by atoms with Crippen LogP contribution in [0.3, 0.4) is 0 Å². The zero-order valence-corrected chi connectivity index (χ0v) is 8.56. The van der Waals surface area contributed by atoms with Gasteiger partial charge in [0.2, 0.25) is 0 Å². The lowest BCUT2D eigenvalue weighted by Crippen LogP contribution is -1.99. The fourth-order valence-electron chi connectivity index (χ4n) is 0.965. The summed E-state index contributed by atoms with van der Waals surface area (Å²) in [5.74, 6) is 0. The van der Waals surface area contributed by atoms with E-state index < -0.39 is 10.1 Å². The Labute approximate surface area is 82.1 Å². The van der Waals surface area contributed by atoms with E-state index in [0.717, 1.165) is 5.56 Å². The van der Waals surface area contributed by atoms with Crippen molar-refractivity contribution in [3.05, 3.63) is 28.8 Å². The van der Waals surface area contributed by atoms with Crippen molar-refractivity contribution >= 4 is 21.7 Å². The summed E-state index contributed by atoms with van der Waals surface area (Å²) in [6.07, 6.45) is 0.694. The molecule has 0 aromatic heterocycles. The van der Waals surface area contributed by atoms with Crippen LogP contribution in [0.5, 0.6) is 0 Å². The molecule has 0 aliphatic rings. The maximum atomic E-state index is 10.8. The van der Waals surface area contributed by atoms with Crippen molar-refractivity contribution in [1.29, 1.82) is 0 Å².